The lowest BCUT2D eigenvalue weighted by Crippen LogP contribution is -2.37. The summed E-state index contributed by atoms with van der Waals surface area (Å²) in [6.45, 7) is 6.00. The fraction of sp³-hybridized carbons (Fsp3) is 0.250. The SMILES string of the molecule is CC(c1ccc(F)cc1)C1CCN(C(C)c2cc(C(=O)Nc3ccccc3)ccc2NC(=O)Nc2cccc(C#N)c2)CC1. The second-order valence-electron chi connectivity index (χ2n) is 11.3. The topological polar surface area (TPSA) is 97.3 Å². The molecule has 4 aromatic rings. The summed E-state index contributed by atoms with van der Waals surface area (Å²) in [6.07, 6.45) is 1.96. The first-order chi connectivity index (χ1) is 21.3. The third kappa shape index (κ3) is 7.49. The number of likely N-dealkylation sites (tertiary alicyclic amines) is 1. The minimum absolute atomic E-state index is 0.0845. The smallest absolute Gasteiger partial charge is 0.322 e. The Morgan fingerprint density at radius 3 is 2.25 bits per heavy atom. The van der Waals surface area contributed by atoms with Crippen LogP contribution in [-0.2, 0) is 0 Å². The normalized spacial score (nSPS) is 15.0. The van der Waals surface area contributed by atoms with E-state index >= 15 is 0 Å². The summed E-state index contributed by atoms with van der Waals surface area (Å²) < 4.78 is 13.5. The lowest BCUT2D eigenvalue weighted by Gasteiger charge is -2.39. The predicted molar refractivity (Wildman–Crippen MR) is 172 cm³/mol. The molecule has 0 aliphatic carbocycles. The molecule has 0 aromatic heterocycles. The van der Waals surface area contributed by atoms with Gasteiger partial charge < -0.3 is 16.0 Å². The Labute approximate surface area is 257 Å². The molecule has 8 heteroatoms. The fourth-order valence-electron chi connectivity index (χ4n) is 5.88. The Morgan fingerprint density at radius 2 is 1.55 bits per heavy atom. The van der Waals surface area contributed by atoms with E-state index in [0.717, 1.165) is 37.1 Å². The number of rotatable bonds is 8. The Hall–Kier alpha value is -5.00. The van der Waals surface area contributed by atoms with Crippen LogP contribution in [0.2, 0.25) is 0 Å². The van der Waals surface area contributed by atoms with Crippen LogP contribution in [0, 0.1) is 23.1 Å². The van der Waals surface area contributed by atoms with E-state index in [4.69, 9.17) is 0 Å². The van der Waals surface area contributed by atoms with E-state index in [-0.39, 0.29) is 17.8 Å². The Balaban J connectivity index is 1.34. The highest BCUT2D eigenvalue weighted by Crippen LogP contribution is 2.37. The molecule has 1 fully saturated rings. The van der Waals surface area contributed by atoms with E-state index in [1.54, 1.807) is 36.4 Å². The van der Waals surface area contributed by atoms with Crippen LogP contribution in [0.1, 0.15) is 65.7 Å². The molecule has 2 unspecified atom stereocenters. The first-order valence-electron chi connectivity index (χ1n) is 14.9. The fourth-order valence-corrected chi connectivity index (χ4v) is 5.88. The van der Waals surface area contributed by atoms with E-state index in [1.165, 1.54) is 12.1 Å². The molecular weight excluding hydrogens is 553 g/mol. The number of carbonyl (C=O) groups excluding carboxylic acids is 2. The summed E-state index contributed by atoms with van der Waals surface area (Å²) in [6, 6.07) is 29.7. The third-order valence-electron chi connectivity index (χ3n) is 8.52. The quantitative estimate of drug-likeness (QED) is 0.193. The molecule has 0 spiro atoms. The summed E-state index contributed by atoms with van der Waals surface area (Å²) in [5, 5.41) is 17.9. The van der Waals surface area contributed by atoms with Crippen molar-refractivity contribution in [3.63, 3.8) is 0 Å². The number of anilines is 3. The van der Waals surface area contributed by atoms with E-state index in [1.807, 2.05) is 48.5 Å². The Bertz CT molecular complexity index is 1640. The molecule has 4 aromatic carbocycles. The van der Waals surface area contributed by atoms with Crippen LogP contribution < -0.4 is 16.0 Å². The molecule has 3 N–H and O–H groups in total. The molecular formula is C36H36FN5O2. The minimum Gasteiger partial charge on any atom is -0.322 e. The number of nitriles is 1. The number of para-hydroxylation sites is 1. The van der Waals surface area contributed by atoms with Crippen molar-refractivity contribution in [2.75, 3.05) is 29.0 Å². The van der Waals surface area contributed by atoms with Gasteiger partial charge in [0.1, 0.15) is 5.82 Å². The number of urea groups is 1. The maximum Gasteiger partial charge on any atom is 0.323 e. The van der Waals surface area contributed by atoms with Gasteiger partial charge >= 0.3 is 6.03 Å². The number of hydrogen-bond donors (Lipinski definition) is 3. The second kappa shape index (κ2) is 14.0. The van der Waals surface area contributed by atoms with Gasteiger partial charge in [0.2, 0.25) is 0 Å². The van der Waals surface area contributed by atoms with Gasteiger partial charge in [-0.3, -0.25) is 9.69 Å². The highest BCUT2D eigenvalue weighted by molar-refractivity contribution is 6.05. The van der Waals surface area contributed by atoms with E-state index in [2.05, 4.69) is 40.8 Å². The summed E-state index contributed by atoms with van der Waals surface area (Å²) in [5.41, 5.74) is 4.72. The number of nitrogens with zero attached hydrogens (tertiary/aromatic N) is 2. The highest BCUT2D eigenvalue weighted by Gasteiger charge is 2.29. The standard InChI is InChI=1S/C36H36FN5O2/c1-24(27-11-14-30(37)15-12-27)28-17-19-42(20-18-28)25(2)33-22-29(35(43)39-31-8-4-3-5-9-31)13-16-34(33)41-36(44)40-32-10-6-7-26(21-32)23-38/h3-16,21-22,24-25,28H,17-20H2,1-2H3,(H,39,43)(H2,40,41,44). The van der Waals surface area contributed by atoms with Crippen LogP contribution in [0.4, 0.5) is 26.2 Å². The van der Waals surface area contributed by atoms with Gasteiger partial charge in [0.25, 0.3) is 5.91 Å². The van der Waals surface area contributed by atoms with Crippen molar-refractivity contribution in [1.82, 2.24) is 4.90 Å². The lowest BCUT2D eigenvalue weighted by atomic mass is 9.81. The lowest BCUT2D eigenvalue weighted by molar-refractivity contribution is 0.102. The molecule has 1 aliphatic heterocycles. The molecule has 1 heterocycles. The van der Waals surface area contributed by atoms with Crippen LogP contribution in [0.25, 0.3) is 0 Å². The maximum absolute atomic E-state index is 13.5. The van der Waals surface area contributed by atoms with Gasteiger partial charge in [-0.05, 0) is 116 Å². The number of benzene rings is 4. The second-order valence-corrected chi connectivity index (χ2v) is 11.3. The number of amides is 3. The molecule has 5 rings (SSSR count). The largest absolute Gasteiger partial charge is 0.323 e. The number of nitrogens with one attached hydrogen (secondary N) is 3. The molecule has 0 saturated carbocycles. The molecule has 3 amide bonds. The third-order valence-corrected chi connectivity index (χ3v) is 8.52. The zero-order valence-corrected chi connectivity index (χ0v) is 24.9. The summed E-state index contributed by atoms with van der Waals surface area (Å²) in [5.74, 6) is 0.330. The average Bonchev–Trinajstić information content (AvgIpc) is 3.05. The van der Waals surface area contributed by atoms with E-state index in [0.29, 0.717) is 40.0 Å². The molecule has 1 aliphatic rings. The highest BCUT2D eigenvalue weighted by atomic mass is 19.1. The van der Waals surface area contributed by atoms with Crippen molar-refractivity contribution < 1.29 is 14.0 Å². The Morgan fingerprint density at radius 1 is 0.841 bits per heavy atom. The van der Waals surface area contributed by atoms with Crippen molar-refractivity contribution in [2.45, 2.75) is 38.6 Å². The molecule has 0 bridgehead atoms. The average molecular weight is 590 g/mol. The molecule has 7 nitrogen and oxygen atoms in total. The van der Waals surface area contributed by atoms with Crippen LogP contribution in [0.5, 0.6) is 0 Å². The van der Waals surface area contributed by atoms with Crippen LogP contribution in [0.15, 0.2) is 97.1 Å². The zero-order valence-electron chi connectivity index (χ0n) is 24.9. The maximum atomic E-state index is 13.5. The van der Waals surface area contributed by atoms with Crippen molar-refractivity contribution in [3.05, 3.63) is 125 Å². The van der Waals surface area contributed by atoms with E-state index in [9.17, 15) is 19.2 Å². The number of carbonyl (C=O) groups is 2. The zero-order chi connectivity index (χ0) is 31.1. The Kier molecular flexibility index (Phi) is 9.68. The van der Waals surface area contributed by atoms with Gasteiger partial charge in [-0.2, -0.15) is 5.26 Å². The first kappa shape index (κ1) is 30.5. The van der Waals surface area contributed by atoms with Crippen LogP contribution in [0.3, 0.4) is 0 Å². The predicted octanol–water partition coefficient (Wildman–Crippen LogP) is 8.17. The molecule has 0 radical (unpaired) electrons. The van der Waals surface area contributed by atoms with Gasteiger partial charge in [-0.15, -0.1) is 0 Å². The monoisotopic (exact) mass is 589 g/mol. The minimum atomic E-state index is -0.443. The number of halogens is 1. The number of hydrogen-bond acceptors (Lipinski definition) is 4. The van der Waals surface area contributed by atoms with E-state index < -0.39 is 6.03 Å². The molecule has 2 atom stereocenters. The molecule has 1 saturated heterocycles. The van der Waals surface area contributed by atoms with Gasteiger partial charge in [-0.1, -0.05) is 43.3 Å². The number of piperidine rings is 1. The van der Waals surface area contributed by atoms with Crippen LogP contribution in [-0.4, -0.2) is 29.9 Å². The molecule has 44 heavy (non-hydrogen) atoms. The summed E-state index contributed by atoms with van der Waals surface area (Å²) in [7, 11) is 0. The van der Waals surface area contributed by atoms with Gasteiger partial charge in [-0.25, -0.2) is 9.18 Å². The van der Waals surface area contributed by atoms with Crippen LogP contribution >= 0.6 is 0 Å². The van der Waals surface area contributed by atoms with Crippen molar-refractivity contribution >= 4 is 29.0 Å². The first-order valence-corrected chi connectivity index (χ1v) is 14.9. The van der Waals surface area contributed by atoms with Gasteiger partial charge in [0, 0.05) is 28.7 Å². The van der Waals surface area contributed by atoms with Gasteiger partial charge in [0.05, 0.1) is 11.6 Å². The summed E-state index contributed by atoms with van der Waals surface area (Å²) >= 11 is 0. The van der Waals surface area contributed by atoms with Crippen molar-refractivity contribution in [3.8, 4) is 6.07 Å². The van der Waals surface area contributed by atoms with Crippen molar-refractivity contribution in [1.29, 1.82) is 5.26 Å². The van der Waals surface area contributed by atoms with Gasteiger partial charge in [0.15, 0.2) is 0 Å². The molecule has 224 valence electrons. The summed E-state index contributed by atoms with van der Waals surface area (Å²) in [4.78, 5) is 28.6. The van der Waals surface area contributed by atoms with Crippen molar-refractivity contribution in [2.24, 2.45) is 5.92 Å².